The summed E-state index contributed by atoms with van der Waals surface area (Å²) in [6.07, 6.45) is 12.3. The van der Waals surface area contributed by atoms with Crippen molar-refractivity contribution < 1.29 is 4.79 Å². The molecule has 5 nitrogen and oxygen atoms in total. The highest BCUT2D eigenvalue weighted by Crippen LogP contribution is 2.20. The molecule has 0 radical (unpaired) electrons. The number of amides is 1. The van der Waals surface area contributed by atoms with Crippen molar-refractivity contribution in [3.63, 3.8) is 0 Å². The average molecular weight is 304 g/mol. The largest absolute Gasteiger partial charge is 0.367 e. The zero-order chi connectivity index (χ0) is 15.6. The van der Waals surface area contributed by atoms with Crippen LogP contribution in [0.15, 0.2) is 12.4 Å². The highest BCUT2D eigenvalue weighted by Gasteiger charge is 2.14. The van der Waals surface area contributed by atoms with E-state index in [-0.39, 0.29) is 5.91 Å². The lowest BCUT2D eigenvalue weighted by atomic mass is 10.1. The fourth-order valence-electron chi connectivity index (χ4n) is 2.86. The highest BCUT2D eigenvalue weighted by atomic mass is 16.1. The summed E-state index contributed by atoms with van der Waals surface area (Å²) in [6, 6.07) is 2.23. The van der Waals surface area contributed by atoms with E-state index in [1.807, 2.05) is 0 Å². The topological polar surface area (TPSA) is 66.9 Å². The molecule has 1 aliphatic carbocycles. The van der Waals surface area contributed by atoms with Gasteiger partial charge in [-0.15, -0.1) is 0 Å². The first kappa shape index (κ1) is 16.7. The van der Waals surface area contributed by atoms with Gasteiger partial charge in [-0.2, -0.15) is 0 Å². The number of carbonyl (C=O) groups is 1. The van der Waals surface area contributed by atoms with Crippen molar-refractivity contribution in [3.05, 3.63) is 18.1 Å². The van der Waals surface area contributed by atoms with Crippen LogP contribution >= 0.6 is 0 Å². The second kappa shape index (κ2) is 9.38. The second-order valence-electron chi connectivity index (χ2n) is 6.08. The van der Waals surface area contributed by atoms with Gasteiger partial charge in [-0.3, -0.25) is 4.79 Å². The van der Waals surface area contributed by atoms with Crippen LogP contribution < -0.4 is 10.6 Å². The molecule has 0 aliphatic heterocycles. The lowest BCUT2D eigenvalue weighted by molar-refractivity contribution is 0.0948. The molecule has 22 heavy (non-hydrogen) atoms. The second-order valence-corrected chi connectivity index (χ2v) is 6.08. The molecule has 1 saturated carbocycles. The first-order valence-corrected chi connectivity index (χ1v) is 8.66. The number of rotatable bonds is 7. The lowest BCUT2D eigenvalue weighted by Gasteiger charge is -2.16. The number of aromatic nitrogens is 2. The Labute approximate surface area is 133 Å². The van der Waals surface area contributed by atoms with Crippen molar-refractivity contribution >= 4 is 11.7 Å². The number of anilines is 1. The van der Waals surface area contributed by atoms with E-state index in [4.69, 9.17) is 0 Å². The van der Waals surface area contributed by atoms with Gasteiger partial charge in [-0.1, -0.05) is 45.4 Å². The standard InChI is InChI=1S/C17H28N4O/c1-2-3-8-11-18-17(22)15-12-16(20-13-19-15)21-14-9-6-4-5-7-10-14/h12-14H,2-11H2,1H3,(H,18,22)(H,19,20,21). The summed E-state index contributed by atoms with van der Waals surface area (Å²) in [4.78, 5) is 20.4. The number of nitrogens with one attached hydrogen (secondary N) is 2. The monoisotopic (exact) mass is 304 g/mol. The normalized spacial score (nSPS) is 16.0. The lowest BCUT2D eigenvalue weighted by Crippen LogP contribution is -2.26. The zero-order valence-electron chi connectivity index (χ0n) is 13.6. The van der Waals surface area contributed by atoms with Crippen LogP contribution in [0, 0.1) is 0 Å². The van der Waals surface area contributed by atoms with Crippen LogP contribution in [0.5, 0.6) is 0 Å². The zero-order valence-corrected chi connectivity index (χ0v) is 13.6. The molecule has 0 spiro atoms. The van der Waals surface area contributed by atoms with E-state index in [2.05, 4.69) is 27.5 Å². The Bertz CT molecular complexity index is 456. The fourth-order valence-corrected chi connectivity index (χ4v) is 2.86. The van der Waals surface area contributed by atoms with Gasteiger partial charge in [0, 0.05) is 18.7 Å². The molecular formula is C17H28N4O. The molecule has 5 heteroatoms. The first-order chi connectivity index (χ1) is 10.8. The van der Waals surface area contributed by atoms with E-state index in [0.29, 0.717) is 18.3 Å². The van der Waals surface area contributed by atoms with Crippen LogP contribution in [0.25, 0.3) is 0 Å². The average Bonchev–Trinajstić information content (AvgIpc) is 2.80. The van der Waals surface area contributed by atoms with Crippen LogP contribution in [-0.4, -0.2) is 28.5 Å². The third-order valence-electron chi connectivity index (χ3n) is 4.17. The minimum absolute atomic E-state index is 0.109. The van der Waals surface area contributed by atoms with Gasteiger partial charge in [-0.25, -0.2) is 9.97 Å². The molecule has 1 aromatic heterocycles. The Hall–Kier alpha value is -1.65. The third-order valence-corrected chi connectivity index (χ3v) is 4.17. The smallest absolute Gasteiger partial charge is 0.270 e. The van der Waals surface area contributed by atoms with Crippen molar-refractivity contribution in [2.75, 3.05) is 11.9 Å². The van der Waals surface area contributed by atoms with Gasteiger partial charge in [0.25, 0.3) is 5.91 Å². The van der Waals surface area contributed by atoms with Crippen molar-refractivity contribution in [2.45, 2.75) is 70.8 Å². The molecule has 0 atom stereocenters. The van der Waals surface area contributed by atoms with Crippen LogP contribution in [0.1, 0.15) is 75.2 Å². The summed E-state index contributed by atoms with van der Waals surface area (Å²) in [5.74, 6) is 0.656. The third kappa shape index (κ3) is 5.62. The molecule has 0 saturated heterocycles. The summed E-state index contributed by atoms with van der Waals surface area (Å²) < 4.78 is 0. The minimum Gasteiger partial charge on any atom is -0.367 e. The van der Waals surface area contributed by atoms with Crippen LogP contribution in [-0.2, 0) is 0 Å². The van der Waals surface area contributed by atoms with Gasteiger partial charge in [-0.05, 0) is 19.3 Å². The quantitative estimate of drug-likeness (QED) is 0.597. The molecule has 2 rings (SSSR count). The molecule has 1 aromatic rings. The first-order valence-electron chi connectivity index (χ1n) is 8.66. The summed E-state index contributed by atoms with van der Waals surface area (Å²) in [5, 5.41) is 6.38. The van der Waals surface area contributed by atoms with Gasteiger partial charge >= 0.3 is 0 Å². The van der Waals surface area contributed by atoms with Crippen molar-refractivity contribution in [3.8, 4) is 0 Å². The summed E-state index contributed by atoms with van der Waals surface area (Å²) in [6.45, 7) is 2.86. The van der Waals surface area contributed by atoms with E-state index >= 15 is 0 Å². The molecule has 1 amide bonds. The fraction of sp³-hybridized carbons (Fsp3) is 0.706. The van der Waals surface area contributed by atoms with Gasteiger partial charge < -0.3 is 10.6 Å². The van der Waals surface area contributed by atoms with Crippen LogP contribution in [0.2, 0.25) is 0 Å². The summed E-state index contributed by atoms with van der Waals surface area (Å²) >= 11 is 0. The van der Waals surface area contributed by atoms with E-state index in [1.165, 1.54) is 44.9 Å². The Morgan fingerprint density at radius 3 is 2.68 bits per heavy atom. The van der Waals surface area contributed by atoms with E-state index < -0.39 is 0 Å². The van der Waals surface area contributed by atoms with E-state index in [0.717, 1.165) is 25.1 Å². The SMILES string of the molecule is CCCCCNC(=O)c1cc(NC2CCCCCC2)ncn1. The van der Waals surface area contributed by atoms with E-state index in [1.54, 1.807) is 6.07 Å². The predicted molar refractivity (Wildman–Crippen MR) is 89.0 cm³/mol. The van der Waals surface area contributed by atoms with Gasteiger partial charge in [0.1, 0.15) is 17.8 Å². The van der Waals surface area contributed by atoms with Crippen molar-refractivity contribution in [1.29, 1.82) is 0 Å². The Balaban J connectivity index is 1.87. The summed E-state index contributed by atoms with van der Waals surface area (Å²) in [5.41, 5.74) is 0.447. The number of hydrogen-bond donors (Lipinski definition) is 2. The molecule has 1 heterocycles. The summed E-state index contributed by atoms with van der Waals surface area (Å²) in [7, 11) is 0. The maximum Gasteiger partial charge on any atom is 0.270 e. The van der Waals surface area contributed by atoms with Gasteiger partial charge in [0.05, 0.1) is 0 Å². The van der Waals surface area contributed by atoms with Crippen LogP contribution in [0.3, 0.4) is 0 Å². The molecule has 1 fully saturated rings. The number of carbonyl (C=O) groups excluding carboxylic acids is 1. The number of nitrogens with zero attached hydrogens (tertiary/aromatic N) is 2. The molecule has 0 aromatic carbocycles. The molecule has 122 valence electrons. The molecular weight excluding hydrogens is 276 g/mol. The molecule has 0 unspecified atom stereocenters. The van der Waals surface area contributed by atoms with E-state index in [9.17, 15) is 4.79 Å². The van der Waals surface area contributed by atoms with Crippen molar-refractivity contribution in [1.82, 2.24) is 15.3 Å². The Morgan fingerprint density at radius 2 is 1.95 bits per heavy atom. The maximum absolute atomic E-state index is 12.1. The van der Waals surface area contributed by atoms with Crippen LogP contribution in [0.4, 0.5) is 5.82 Å². The predicted octanol–water partition coefficient (Wildman–Crippen LogP) is 3.53. The Morgan fingerprint density at radius 1 is 1.18 bits per heavy atom. The minimum atomic E-state index is -0.109. The highest BCUT2D eigenvalue weighted by molar-refractivity contribution is 5.92. The van der Waals surface area contributed by atoms with Crippen molar-refractivity contribution in [2.24, 2.45) is 0 Å². The Kier molecular flexibility index (Phi) is 7.13. The molecule has 2 N–H and O–H groups in total. The maximum atomic E-state index is 12.1. The molecule has 1 aliphatic rings. The molecule has 0 bridgehead atoms. The van der Waals surface area contributed by atoms with Gasteiger partial charge in [0.2, 0.25) is 0 Å². The number of hydrogen-bond acceptors (Lipinski definition) is 4. The van der Waals surface area contributed by atoms with Gasteiger partial charge in [0.15, 0.2) is 0 Å². The number of unbranched alkanes of at least 4 members (excludes halogenated alkanes) is 2.